The molecule has 23 heavy (non-hydrogen) atoms. The van der Waals surface area contributed by atoms with E-state index in [4.69, 9.17) is 4.42 Å². The average Bonchev–Trinajstić information content (AvgIpc) is 3.06. The summed E-state index contributed by atoms with van der Waals surface area (Å²) in [6.45, 7) is 6.00. The van der Waals surface area contributed by atoms with Gasteiger partial charge in [-0.1, -0.05) is 43.2 Å². The van der Waals surface area contributed by atoms with Gasteiger partial charge in [0.15, 0.2) is 0 Å². The number of hydrogen-bond donors (Lipinski definition) is 1. The van der Waals surface area contributed by atoms with E-state index < -0.39 is 5.60 Å². The summed E-state index contributed by atoms with van der Waals surface area (Å²) >= 11 is 0. The van der Waals surface area contributed by atoms with Crippen LogP contribution in [-0.4, -0.2) is 27.1 Å². The molecule has 1 N–H and O–H groups in total. The monoisotopic (exact) mass is 314 g/mol. The highest BCUT2D eigenvalue weighted by molar-refractivity contribution is 5.15. The molecule has 0 unspecified atom stereocenters. The summed E-state index contributed by atoms with van der Waals surface area (Å²) in [6, 6.07) is 10.4. The first kappa shape index (κ1) is 16.2. The number of rotatable bonds is 6. The standard InChI is InChI=1S/C19H26N2O2/c1-15-16(2)23-18(20-15)13-21(12-17-8-4-3-5-9-17)14-19(22)10-6-7-11-19/h3-5,8-9,22H,6-7,10-14H2,1-2H3. The highest BCUT2D eigenvalue weighted by Crippen LogP contribution is 2.31. The molecule has 0 saturated heterocycles. The van der Waals surface area contributed by atoms with Crippen LogP contribution in [-0.2, 0) is 13.1 Å². The van der Waals surface area contributed by atoms with Crippen LogP contribution in [0.2, 0.25) is 0 Å². The van der Waals surface area contributed by atoms with Crippen molar-refractivity contribution < 1.29 is 9.52 Å². The molecule has 1 heterocycles. The van der Waals surface area contributed by atoms with Crippen LogP contribution in [0, 0.1) is 13.8 Å². The van der Waals surface area contributed by atoms with Crippen LogP contribution in [0.3, 0.4) is 0 Å². The third-order valence-electron chi connectivity index (χ3n) is 4.73. The number of benzene rings is 1. The number of aliphatic hydroxyl groups is 1. The number of aromatic nitrogens is 1. The molecule has 1 aliphatic carbocycles. The molecule has 1 aromatic heterocycles. The van der Waals surface area contributed by atoms with Gasteiger partial charge in [0.25, 0.3) is 0 Å². The summed E-state index contributed by atoms with van der Waals surface area (Å²) in [5.74, 6) is 1.61. The van der Waals surface area contributed by atoms with E-state index in [1.54, 1.807) is 0 Å². The molecule has 0 bridgehead atoms. The van der Waals surface area contributed by atoms with E-state index in [1.165, 1.54) is 5.56 Å². The minimum Gasteiger partial charge on any atom is -0.444 e. The van der Waals surface area contributed by atoms with Gasteiger partial charge in [0.05, 0.1) is 17.8 Å². The van der Waals surface area contributed by atoms with Crippen LogP contribution in [0.1, 0.15) is 48.6 Å². The molecule has 0 amide bonds. The lowest BCUT2D eigenvalue weighted by Crippen LogP contribution is -2.40. The zero-order valence-corrected chi connectivity index (χ0v) is 14.1. The van der Waals surface area contributed by atoms with Gasteiger partial charge in [-0.05, 0) is 32.3 Å². The second-order valence-electron chi connectivity index (χ2n) is 6.81. The van der Waals surface area contributed by atoms with Crippen molar-refractivity contribution in [2.45, 2.75) is 58.2 Å². The molecule has 4 nitrogen and oxygen atoms in total. The van der Waals surface area contributed by atoms with Gasteiger partial charge in [0.1, 0.15) is 5.76 Å². The lowest BCUT2D eigenvalue weighted by molar-refractivity contribution is 0.00236. The third-order valence-corrected chi connectivity index (χ3v) is 4.73. The number of hydrogen-bond acceptors (Lipinski definition) is 4. The predicted octanol–water partition coefficient (Wildman–Crippen LogP) is 3.60. The molecule has 0 atom stereocenters. The summed E-state index contributed by atoms with van der Waals surface area (Å²) in [6.07, 6.45) is 4.02. The van der Waals surface area contributed by atoms with Gasteiger partial charge in [-0.15, -0.1) is 0 Å². The van der Waals surface area contributed by atoms with E-state index in [0.29, 0.717) is 13.1 Å². The zero-order valence-electron chi connectivity index (χ0n) is 14.1. The SMILES string of the molecule is Cc1nc(CN(Cc2ccccc2)CC2(O)CCCC2)oc1C. The molecule has 0 radical (unpaired) electrons. The largest absolute Gasteiger partial charge is 0.444 e. The fourth-order valence-corrected chi connectivity index (χ4v) is 3.41. The molecule has 0 spiro atoms. The summed E-state index contributed by atoms with van der Waals surface area (Å²) in [5, 5.41) is 10.8. The van der Waals surface area contributed by atoms with E-state index in [1.807, 2.05) is 19.9 Å². The Morgan fingerprint density at radius 3 is 2.43 bits per heavy atom. The van der Waals surface area contributed by atoms with Gasteiger partial charge in [0.2, 0.25) is 5.89 Å². The van der Waals surface area contributed by atoms with Gasteiger partial charge in [-0.25, -0.2) is 4.98 Å². The second kappa shape index (κ2) is 6.85. The van der Waals surface area contributed by atoms with Gasteiger partial charge in [-0.3, -0.25) is 4.90 Å². The van der Waals surface area contributed by atoms with E-state index in [-0.39, 0.29) is 0 Å². The van der Waals surface area contributed by atoms with E-state index in [2.05, 4.69) is 34.1 Å². The topological polar surface area (TPSA) is 49.5 Å². The van der Waals surface area contributed by atoms with Gasteiger partial charge < -0.3 is 9.52 Å². The maximum atomic E-state index is 10.8. The quantitative estimate of drug-likeness (QED) is 0.885. The minimum absolute atomic E-state index is 0.564. The van der Waals surface area contributed by atoms with Crippen LogP contribution in [0.25, 0.3) is 0 Å². The van der Waals surface area contributed by atoms with Crippen molar-refractivity contribution in [1.29, 1.82) is 0 Å². The molecule has 1 fully saturated rings. The minimum atomic E-state index is -0.564. The Balaban J connectivity index is 1.74. The van der Waals surface area contributed by atoms with Crippen LogP contribution in [0.15, 0.2) is 34.7 Å². The second-order valence-corrected chi connectivity index (χ2v) is 6.81. The maximum Gasteiger partial charge on any atom is 0.208 e. The lowest BCUT2D eigenvalue weighted by atomic mass is 10.0. The van der Waals surface area contributed by atoms with Crippen molar-refractivity contribution in [1.82, 2.24) is 9.88 Å². The van der Waals surface area contributed by atoms with E-state index in [0.717, 1.165) is 49.6 Å². The molecule has 1 aromatic carbocycles. The smallest absolute Gasteiger partial charge is 0.208 e. The molecule has 3 rings (SSSR count). The van der Waals surface area contributed by atoms with Crippen molar-refractivity contribution in [2.24, 2.45) is 0 Å². The Morgan fingerprint density at radius 1 is 1.13 bits per heavy atom. The van der Waals surface area contributed by atoms with Gasteiger partial charge in [-0.2, -0.15) is 0 Å². The highest BCUT2D eigenvalue weighted by Gasteiger charge is 2.33. The first-order valence-electron chi connectivity index (χ1n) is 8.46. The lowest BCUT2D eigenvalue weighted by Gasteiger charge is -2.30. The molecular weight excluding hydrogens is 288 g/mol. The number of nitrogens with zero attached hydrogens (tertiary/aromatic N) is 2. The van der Waals surface area contributed by atoms with E-state index >= 15 is 0 Å². The van der Waals surface area contributed by atoms with Crippen LogP contribution >= 0.6 is 0 Å². The summed E-state index contributed by atoms with van der Waals surface area (Å²) in [5.41, 5.74) is 1.62. The number of oxazole rings is 1. The fraction of sp³-hybridized carbons (Fsp3) is 0.526. The molecule has 124 valence electrons. The van der Waals surface area contributed by atoms with Crippen molar-refractivity contribution in [3.8, 4) is 0 Å². The van der Waals surface area contributed by atoms with E-state index in [9.17, 15) is 5.11 Å². The van der Waals surface area contributed by atoms with Crippen molar-refractivity contribution in [3.63, 3.8) is 0 Å². The third kappa shape index (κ3) is 4.21. The van der Waals surface area contributed by atoms with Crippen molar-refractivity contribution >= 4 is 0 Å². The van der Waals surface area contributed by atoms with Crippen molar-refractivity contribution in [3.05, 3.63) is 53.2 Å². The summed E-state index contributed by atoms with van der Waals surface area (Å²) in [7, 11) is 0. The molecule has 1 saturated carbocycles. The molecule has 1 aliphatic rings. The van der Waals surface area contributed by atoms with Crippen LogP contribution < -0.4 is 0 Å². The Kier molecular flexibility index (Phi) is 4.83. The maximum absolute atomic E-state index is 10.8. The first-order valence-corrected chi connectivity index (χ1v) is 8.46. The number of aryl methyl sites for hydroxylation is 2. The highest BCUT2D eigenvalue weighted by atomic mass is 16.4. The average molecular weight is 314 g/mol. The predicted molar refractivity (Wildman–Crippen MR) is 90.0 cm³/mol. The summed E-state index contributed by atoms with van der Waals surface area (Å²) in [4.78, 5) is 6.75. The normalized spacial score (nSPS) is 17.0. The van der Waals surface area contributed by atoms with Crippen LogP contribution in [0.5, 0.6) is 0 Å². The molecular formula is C19H26N2O2. The molecule has 4 heteroatoms. The first-order chi connectivity index (χ1) is 11.0. The Morgan fingerprint density at radius 2 is 1.83 bits per heavy atom. The summed E-state index contributed by atoms with van der Waals surface area (Å²) < 4.78 is 5.75. The van der Waals surface area contributed by atoms with Crippen molar-refractivity contribution in [2.75, 3.05) is 6.54 Å². The fourth-order valence-electron chi connectivity index (χ4n) is 3.41. The molecule has 2 aromatic rings. The zero-order chi connectivity index (χ0) is 16.3. The van der Waals surface area contributed by atoms with Gasteiger partial charge >= 0.3 is 0 Å². The Labute approximate surface area is 138 Å². The molecule has 0 aliphatic heterocycles. The van der Waals surface area contributed by atoms with Gasteiger partial charge in [0, 0.05) is 13.1 Å². The van der Waals surface area contributed by atoms with Crippen LogP contribution in [0.4, 0.5) is 0 Å². The Hall–Kier alpha value is -1.65. The Bertz CT molecular complexity index is 611.